The molecule has 2 aromatic carbocycles. The van der Waals surface area contributed by atoms with E-state index in [4.69, 9.17) is 22.1 Å². The van der Waals surface area contributed by atoms with E-state index < -0.39 is 0 Å². The van der Waals surface area contributed by atoms with E-state index in [-0.39, 0.29) is 22.4 Å². The Bertz CT molecular complexity index is 782. The molecule has 1 aliphatic heterocycles. The molecule has 0 saturated carbocycles. The molecule has 7 heteroatoms. The zero-order chi connectivity index (χ0) is 17.8. The standard InChI is InChI=1S/C18H17ClN2O3S/c19-13-3-1-2-12(9-13)15(20)10-24-14-6-4-11(5-7-14)8-16-17(22)21-18(23)25-16/h1-7,9,15-16H,8,10,20H2,(H,21,22,23). The average molecular weight is 377 g/mol. The van der Waals surface area contributed by atoms with Crippen LogP contribution in [0.3, 0.4) is 0 Å². The summed E-state index contributed by atoms with van der Waals surface area (Å²) in [6.45, 7) is 0.328. The Labute approximate surface area is 154 Å². The molecule has 1 heterocycles. The highest BCUT2D eigenvalue weighted by molar-refractivity contribution is 8.15. The van der Waals surface area contributed by atoms with Gasteiger partial charge in [0.15, 0.2) is 0 Å². The molecule has 5 nitrogen and oxygen atoms in total. The van der Waals surface area contributed by atoms with Crippen molar-refractivity contribution in [3.63, 3.8) is 0 Å². The number of nitrogens with two attached hydrogens (primary N) is 1. The van der Waals surface area contributed by atoms with Crippen LogP contribution in [0.15, 0.2) is 48.5 Å². The van der Waals surface area contributed by atoms with Crippen molar-refractivity contribution < 1.29 is 14.3 Å². The van der Waals surface area contributed by atoms with Crippen molar-refractivity contribution >= 4 is 34.5 Å². The molecular weight excluding hydrogens is 360 g/mol. The Morgan fingerprint density at radius 3 is 2.60 bits per heavy atom. The van der Waals surface area contributed by atoms with E-state index in [1.807, 2.05) is 42.5 Å². The second-order valence-corrected chi connectivity index (χ2v) is 7.32. The Hall–Kier alpha value is -2.02. The Kier molecular flexibility index (Phi) is 5.63. The largest absolute Gasteiger partial charge is 0.492 e. The molecule has 25 heavy (non-hydrogen) atoms. The van der Waals surface area contributed by atoms with Gasteiger partial charge < -0.3 is 10.5 Å². The van der Waals surface area contributed by atoms with E-state index in [0.29, 0.717) is 23.8 Å². The lowest BCUT2D eigenvalue weighted by atomic mass is 10.1. The fourth-order valence-corrected chi connectivity index (χ4v) is 3.54. The Morgan fingerprint density at radius 1 is 1.20 bits per heavy atom. The number of hydrogen-bond acceptors (Lipinski definition) is 5. The molecule has 2 aromatic rings. The van der Waals surface area contributed by atoms with Crippen molar-refractivity contribution in [2.45, 2.75) is 17.7 Å². The summed E-state index contributed by atoms with van der Waals surface area (Å²) in [5.41, 5.74) is 8.00. The van der Waals surface area contributed by atoms with Gasteiger partial charge in [-0.25, -0.2) is 0 Å². The average Bonchev–Trinajstić information content (AvgIpc) is 2.91. The number of carbonyl (C=O) groups is 2. The van der Waals surface area contributed by atoms with Crippen LogP contribution in [-0.2, 0) is 11.2 Å². The lowest BCUT2D eigenvalue weighted by Crippen LogP contribution is -2.25. The summed E-state index contributed by atoms with van der Waals surface area (Å²) < 4.78 is 5.72. The smallest absolute Gasteiger partial charge is 0.286 e. The lowest BCUT2D eigenvalue weighted by molar-refractivity contribution is -0.118. The molecule has 2 amide bonds. The summed E-state index contributed by atoms with van der Waals surface area (Å²) in [6, 6.07) is 14.6. The maximum Gasteiger partial charge on any atom is 0.286 e. The first-order chi connectivity index (χ1) is 12.0. The summed E-state index contributed by atoms with van der Waals surface area (Å²) in [7, 11) is 0. The number of nitrogens with one attached hydrogen (secondary N) is 1. The minimum Gasteiger partial charge on any atom is -0.492 e. The van der Waals surface area contributed by atoms with Crippen LogP contribution in [0.4, 0.5) is 4.79 Å². The number of halogens is 1. The van der Waals surface area contributed by atoms with Crippen LogP contribution in [0, 0.1) is 0 Å². The number of benzene rings is 2. The van der Waals surface area contributed by atoms with E-state index in [2.05, 4.69) is 5.32 Å². The molecule has 0 aliphatic carbocycles. The van der Waals surface area contributed by atoms with Gasteiger partial charge in [0.1, 0.15) is 12.4 Å². The van der Waals surface area contributed by atoms with Gasteiger partial charge in [-0.15, -0.1) is 0 Å². The maximum atomic E-state index is 11.6. The van der Waals surface area contributed by atoms with Crippen molar-refractivity contribution in [3.8, 4) is 5.75 Å². The third-order valence-corrected chi connectivity index (χ3v) is 5.03. The van der Waals surface area contributed by atoms with Crippen LogP contribution >= 0.6 is 23.4 Å². The first-order valence-corrected chi connectivity index (χ1v) is 9.01. The van der Waals surface area contributed by atoms with Crippen molar-refractivity contribution in [2.75, 3.05) is 6.61 Å². The molecule has 130 valence electrons. The highest BCUT2D eigenvalue weighted by atomic mass is 35.5. The molecule has 3 rings (SSSR count). The van der Waals surface area contributed by atoms with Gasteiger partial charge in [-0.1, -0.05) is 47.6 Å². The first kappa shape index (κ1) is 17.8. The maximum absolute atomic E-state index is 11.6. The van der Waals surface area contributed by atoms with Gasteiger partial charge in [0, 0.05) is 5.02 Å². The molecule has 1 fully saturated rings. The molecular formula is C18H17ClN2O3S. The predicted octanol–water partition coefficient (Wildman–Crippen LogP) is 3.31. The molecule has 3 N–H and O–H groups in total. The summed E-state index contributed by atoms with van der Waals surface area (Å²) >= 11 is 6.99. The number of imide groups is 1. The molecule has 1 aliphatic rings. The third kappa shape index (κ3) is 4.75. The van der Waals surface area contributed by atoms with Gasteiger partial charge >= 0.3 is 0 Å². The van der Waals surface area contributed by atoms with Gasteiger partial charge in [0.25, 0.3) is 5.24 Å². The van der Waals surface area contributed by atoms with Crippen molar-refractivity contribution in [3.05, 3.63) is 64.7 Å². The van der Waals surface area contributed by atoms with Gasteiger partial charge in [-0.2, -0.15) is 0 Å². The van der Waals surface area contributed by atoms with Crippen LogP contribution in [0.25, 0.3) is 0 Å². The summed E-state index contributed by atoms with van der Waals surface area (Å²) in [4.78, 5) is 22.8. The number of hydrogen-bond donors (Lipinski definition) is 2. The number of ether oxygens (including phenoxy) is 1. The van der Waals surface area contributed by atoms with Gasteiger partial charge in [-0.05, 0) is 41.8 Å². The van der Waals surface area contributed by atoms with Crippen molar-refractivity contribution in [1.82, 2.24) is 5.32 Å². The van der Waals surface area contributed by atoms with E-state index in [0.717, 1.165) is 22.9 Å². The molecule has 0 bridgehead atoms. The molecule has 0 aromatic heterocycles. The second kappa shape index (κ2) is 7.91. The molecule has 2 atom stereocenters. The van der Waals surface area contributed by atoms with Crippen molar-refractivity contribution in [2.24, 2.45) is 5.73 Å². The van der Waals surface area contributed by atoms with E-state index in [1.54, 1.807) is 6.07 Å². The third-order valence-electron chi connectivity index (χ3n) is 3.82. The Balaban J connectivity index is 1.54. The first-order valence-electron chi connectivity index (χ1n) is 7.75. The van der Waals surface area contributed by atoms with Crippen LogP contribution in [0.1, 0.15) is 17.2 Å². The minimum absolute atomic E-state index is 0.233. The minimum atomic E-state index is -0.365. The predicted molar refractivity (Wildman–Crippen MR) is 98.9 cm³/mol. The van der Waals surface area contributed by atoms with Gasteiger partial charge in [0.05, 0.1) is 11.3 Å². The zero-order valence-corrected chi connectivity index (χ0v) is 14.8. The normalized spacial score (nSPS) is 18.1. The zero-order valence-electron chi connectivity index (χ0n) is 13.3. The summed E-state index contributed by atoms with van der Waals surface area (Å²) in [5.74, 6) is 0.462. The quantitative estimate of drug-likeness (QED) is 0.808. The summed E-state index contributed by atoms with van der Waals surface area (Å²) in [5, 5.41) is 2.28. The van der Waals surface area contributed by atoms with Crippen LogP contribution in [0.2, 0.25) is 5.02 Å². The van der Waals surface area contributed by atoms with E-state index >= 15 is 0 Å². The number of amides is 2. The van der Waals surface area contributed by atoms with Crippen LogP contribution < -0.4 is 15.8 Å². The highest BCUT2D eigenvalue weighted by Gasteiger charge is 2.31. The molecule has 2 unspecified atom stereocenters. The topological polar surface area (TPSA) is 81.4 Å². The number of carbonyl (C=O) groups excluding carboxylic acids is 2. The fourth-order valence-electron chi connectivity index (χ4n) is 2.48. The Morgan fingerprint density at radius 2 is 1.96 bits per heavy atom. The number of rotatable bonds is 6. The monoisotopic (exact) mass is 376 g/mol. The lowest BCUT2D eigenvalue weighted by Gasteiger charge is -2.14. The van der Waals surface area contributed by atoms with Crippen LogP contribution in [0.5, 0.6) is 5.75 Å². The van der Waals surface area contributed by atoms with Gasteiger partial charge in [-0.3, -0.25) is 14.9 Å². The molecule has 0 radical (unpaired) electrons. The highest BCUT2D eigenvalue weighted by Crippen LogP contribution is 2.24. The molecule has 1 saturated heterocycles. The van der Waals surface area contributed by atoms with Crippen LogP contribution in [-0.4, -0.2) is 23.0 Å². The van der Waals surface area contributed by atoms with Crippen molar-refractivity contribution in [1.29, 1.82) is 0 Å². The molecule has 0 spiro atoms. The SMILES string of the molecule is NC(COc1ccc(CC2SC(=O)NC2=O)cc1)c1cccc(Cl)c1. The fraction of sp³-hybridized carbons (Fsp3) is 0.222. The van der Waals surface area contributed by atoms with E-state index in [1.165, 1.54) is 0 Å². The summed E-state index contributed by atoms with van der Waals surface area (Å²) in [6.07, 6.45) is 0.505. The number of thioether (sulfide) groups is 1. The van der Waals surface area contributed by atoms with E-state index in [9.17, 15) is 9.59 Å². The van der Waals surface area contributed by atoms with Gasteiger partial charge in [0.2, 0.25) is 5.91 Å². The second-order valence-electron chi connectivity index (χ2n) is 5.70.